The molecule has 12 heteroatoms. The number of esters is 1. The number of benzene rings is 2. The molecule has 3 aromatic rings. The predicted octanol–water partition coefficient (Wildman–Crippen LogP) is 5.00. The monoisotopic (exact) mass is 510 g/mol. The van der Waals surface area contributed by atoms with Crippen molar-refractivity contribution >= 4 is 74.9 Å². The van der Waals surface area contributed by atoms with Crippen molar-refractivity contribution in [2.24, 2.45) is 0 Å². The third kappa shape index (κ3) is 6.67. The van der Waals surface area contributed by atoms with Gasteiger partial charge in [0, 0.05) is 10.7 Å². The van der Waals surface area contributed by atoms with E-state index in [9.17, 15) is 14.4 Å². The quantitative estimate of drug-likeness (QED) is 0.249. The zero-order valence-corrected chi connectivity index (χ0v) is 19.7. The van der Waals surface area contributed by atoms with Crippen LogP contribution in [-0.2, 0) is 9.53 Å². The summed E-state index contributed by atoms with van der Waals surface area (Å²) in [5.74, 6) is -1.03. The van der Waals surface area contributed by atoms with E-state index in [0.717, 1.165) is 11.3 Å². The molecule has 0 aliphatic rings. The minimum Gasteiger partial charge on any atom is -0.462 e. The summed E-state index contributed by atoms with van der Waals surface area (Å²) in [7, 11) is 0. The summed E-state index contributed by atoms with van der Waals surface area (Å²) in [5.41, 5.74) is 1.21. The van der Waals surface area contributed by atoms with Crippen LogP contribution >= 0.6 is 46.3 Å². The summed E-state index contributed by atoms with van der Waals surface area (Å²) in [4.78, 5) is 36.2. The third-order valence-electron chi connectivity index (χ3n) is 3.81. The molecule has 0 unspecified atom stereocenters. The van der Waals surface area contributed by atoms with Crippen LogP contribution in [0.2, 0.25) is 10.0 Å². The van der Waals surface area contributed by atoms with E-state index in [2.05, 4.69) is 20.8 Å². The topological polar surface area (TPSA) is 110 Å². The van der Waals surface area contributed by atoms with Gasteiger partial charge in [-0.1, -0.05) is 46.3 Å². The number of nitrogens with one attached hydrogen (secondary N) is 2. The van der Waals surface area contributed by atoms with Gasteiger partial charge in [-0.25, -0.2) is 4.79 Å². The molecule has 1 heterocycles. The van der Waals surface area contributed by atoms with E-state index in [1.807, 2.05) is 0 Å². The van der Waals surface area contributed by atoms with Gasteiger partial charge in [-0.2, -0.15) is 0 Å². The van der Waals surface area contributed by atoms with E-state index in [4.69, 9.17) is 27.9 Å². The first-order chi connectivity index (χ1) is 15.4. The number of hydrogen-bond acceptors (Lipinski definition) is 8. The van der Waals surface area contributed by atoms with Gasteiger partial charge in [-0.3, -0.25) is 14.9 Å². The Morgan fingerprint density at radius 1 is 1.06 bits per heavy atom. The van der Waals surface area contributed by atoms with E-state index in [1.54, 1.807) is 37.3 Å². The molecule has 0 fully saturated rings. The number of thioether (sulfide) groups is 1. The van der Waals surface area contributed by atoms with Crippen molar-refractivity contribution in [3.05, 3.63) is 63.6 Å². The number of carbonyl (C=O) groups is 3. The number of carbonyl (C=O) groups excluding carboxylic acids is 3. The molecule has 166 valence electrons. The molecule has 0 radical (unpaired) electrons. The van der Waals surface area contributed by atoms with Crippen LogP contribution < -0.4 is 10.6 Å². The average molecular weight is 511 g/mol. The summed E-state index contributed by atoms with van der Waals surface area (Å²) < 4.78 is 5.43. The molecule has 0 aliphatic heterocycles. The summed E-state index contributed by atoms with van der Waals surface area (Å²) in [6, 6.07) is 10.9. The Bertz CT molecular complexity index is 1140. The summed E-state index contributed by atoms with van der Waals surface area (Å²) in [5, 5.41) is 14.1. The number of aromatic nitrogens is 2. The second-order valence-electron chi connectivity index (χ2n) is 6.09. The number of ether oxygens (including phenoxy) is 1. The maximum absolute atomic E-state index is 12.3. The Labute approximate surface area is 201 Å². The molecule has 0 saturated heterocycles. The lowest BCUT2D eigenvalue weighted by atomic mass is 10.2. The lowest BCUT2D eigenvalue weighted by Crippen LogP contribution is -2.14. The van der Waals surface area contributed by atoms with Crippen molar-refractivity contribution in [2.45, 2.75) is 11.3 Å². The lowest BCUT2D eigenvalue weighted by molar-refractivity contribution is -0.113. The maximum atomic E-state index is 12.3. The summed E-state index contributed by atoms with van der Waals surface area (Å²) in [6.07, 6.45) is 0. The van der Waals surface area contributed by atoms with Crippen LogP contribution in [0.5, 0.6) is 0 Å². The zero-order chi connectivity index (χ0) is 23.1. The Kier molecular flexibility index (Phi) is 8.46. The fraction of sp³-hybridized carbons (Fsp3) is 0.150. The molecule has 2 amide bonds. The highest BCUT2D eigenvalue weighted by Gasteiger charge is 2.15. The van der Waals surface area contributed by atoms with Gasteiger partial charge in [0.2, 0.25) is 11.0 Å². The Balaban J connectivity index is 1.49. The molecule has 1 aromatic heterocycles. The molecule has 0 bridgehead atoms. The number of nitrogens with zero attached hydrogens (tertiary/aromatic N) is 2. The molecule has 0 aliphatic carbocycles. The van der Waals surface area contributed by atoms with Gasteiger partial charge in [-0.05, 0) is 49.4 Å². The number of halogens is 2. The molecular formula is C20H16Cl2N4O4S2. The van der Waals surface area contributed by atoms with Crippen LogP contribution in [0.25, 0.3) is 0 Å². The third-order valence-corrected chi connectivity index (χ3v) is 6.33. The van der Waals surface area contributed by atoms with Crippen molar-refractivity contribution in [2.75, 3.05) is 23.0 Å². The molecule has 0 saturated carbocycles. The van der Waals surface area contributed by atoms with Crippen LogP contribution in [-0.4, -0.2) is 40.3 Å². The van der Waals surface area contributed by atoms with E-state index in [1.165, 1.54) is 23.9 Å². The SMILES string of the molecule is CCOC(=O)c1ccc(NC(=O)CSc2nnc(NC(=O)c3ccc(Cl)cc3Cl)s2)cc1. The minimum absolute atomic E-state index is 0.0885. The van der Waals surface area contributed by atoms with Crippen molar-refractivity contribution in [3.8, 4) is 0 Å². The molecule has 0 spiro atoms. The molecule has 0 atom stereocenters. The first-order valence-electron chi connectivity index (χ1n) is 9.15. The van der Waals surface area contributed by atoms with Crippen molar-refractivity contribution < 1.29 is 19.1 Å². The number of rotatable bonds is 8. The highest BCUT2D eigenvalue weighted by Crippen LogP contribution is 2.27. The van der Waals surface area contributed by atoms with E-state index in [-0.39, 0.29) is 27.4 Å². The predicted molar refractivity (Wildman–Crippen MR) is 126 cm³/mol. The Morgan fingerprint density at radius 3 is 2.50 bits per heavy atom. The van der Waals surface area contributed by atoms with Gasteiger partial charge in [-0.15, -0.1) is 10.2 Å². The van der Waals surface area contributed by atoms with Crippen LogP contribution in [0.1, 0.15) is 27.6 Å². The number of hydrogen-bond donors (Lipinski definition) is 2. The molecule has 3 rings (SSSR count). The fourth-order valence-electron chi connectivity index (χ4n) is 2.39. The highest BCUT2D eigenvalue weighted by molar-refractivity contribution is 8.01. The first-order valence-corrected chi connectivity index (χ1v) is 11.7. The lowest BCUT2D eigenvalue weighted by Gasteiger charge is -2.06. The molecule has 8 nitrogen and oxygen atoms in total. The Hall–Kier alpha value is -2.66. The second-order valence-corrected chi connectivity index (χ2v) is 9.13. The summed E-state index contributed by atoms with van der Waals surface area (Å²) >= 11 is 14.2. The van der Waals surface area contributed by atoms with Crippen LogP contribution in [0.4, 0.5) is 10.8 Å². The van der Waals surface area contributed by atoms with Crippen LogP contribution in [0, 0.1) is 0 Å². The van der Waals surface area contributed by atoms with E-state index in [0.29, 0.717) is 27.2 Å². The van der Waals surface area contributed by atoms with Crippen molar-refractivity contribution in [3.63, 3.8) is 0 Å². The smallest absolute Gasteiger partial charge is 0.338 e. The van der Waals surface area contributed by atoms with Crippen LogP contribution in [0.3, 0.4) is 0 Å². The van der Waals surface area contributed by atoms with Gasteiger partial charge < -0.3 is 10.1 Å². The standard InChI is InChI=1S/C20H16Cl2N4O4S2/c1-2-30-18(29)11-3-6-13(7-4-11)23-16(27)10-31-20-26-25-19(32-20)24-17(28)14-8-5-12(21)9-15(14)22/h3-9H,2,10H2,1H3,(H,23,27)(H,24,25,28). The van der Waals surface area contributed by atoms with Gasteiger partial charge in [0.25, 0.3) is 5.91 Å². The van der Waals surface area contributed by atoms with Crippen LogP contribution in [0.15, 0.2) is 46.8 Å². The maximum Gasteiger partial charge on any atom is 0.338 e. The average Bonchev–Trinajstić information content (AvgIpc) is 3.20. The molecule has 2 N–H and O–H groups in total. The summed E-state index contributed by atoms with van der Waals surface area (Å²) in [6.45, 7) is 2.02. The molecular weight excluding hydrogens is 495 g/mol. The molecule has 32 heavy (non-hydrogen) atoms. The van der Waals surface area contributed by atoms with Gasteiger partial charge >= 0.3 is 5.97 Å². The number of amides is 2. The van der Waals surface area contributed by atoms with E-state index < -0.39 is 11.9 Å². The highest BCUT2D eigenvalue weighted by atomic mass is 35.5. The van der Waals surface area contributed by atoms with E-state index >= 15 is 0 Å². The fourth-order valence-corrected chi connectivity index (χ4v) is 4.43. The largest absolute Gasteiger partial charge is 0.462 e. The normalized spacial score (nSPS) is 10.5. The van der Waals surface area contributed by atoms with Crippen molar-refractivity contribution in [1.29, 1.82) is 0 Å². The number of anilines is 2. The first kappa shape index (κ1) is 24.0. The van der Waals surface area contributed by atoms with Gasteiger partial charge in [0.1, 0.15) is 0 Å². The molecule has 2 aromatic carbocycles. The van der Waals surface area contributed by atoms with Gasteiger partial charge in [0.05, 0.1) is 28.5 Å². The van der Waals surface area contributed by atoms with Gasteiger partial charge in [0.15, 0.2) is 4.34 Å². The second kappa shape index (κ2) is 11.3. The minimum atomic E-state index is -0.441. The zero-order valence-electron chi connectivity index (χ0n) is 16.6. The van der Waals surface area contributed by atoms with Crippen molar-refractivity contribution in [1.82, 2.24) is 10.2 Å². The Morgan fingerprint density at radius 2 is 1.81 bits per heavy atom.